The van der Waals surface area contributed by atoms with Crippen molar-refractivity contribution >= 4 is 15.8 Å². The second-order valence-corrected chi connectivity index (χ2v) is 12.2. The van der Waals surface area contributed by atoms with Crippen LogP contribution in [0.5, 0.6) is 5.75 Å². The summed E-state index contributed by atoms with van der Waals surface area (Å²) in [5.74, 6) is 3.19. The molecule has 1 aliphatic heterocycles. The van der Waals surface area contributed by atoms with Gasteiger partial charge in [-0.15, -0.1) is 0 Å². The maximum absolute atomic E-state index is 13.4. The molecule has 0 N–H and O–H groups in total. The maximum Gasteiger partial charge on any atom is 0.174 e. The quantitative estimate of drug-likeness (QED) is 0.507. The van der Waals surface area contributed by atoms with Crippen molar-refractivity contribution in [2.75, 3.05) is 37.6 Å². The Balaban J connectivity index is 2.19. The Bertz CT molecular complexity index is 553. The number of rotatable bonds is 7. The Morgan fingerprint density at radius 1 is 1.20 bits per heavy atom. The number of ketones is 1. The van der Waals surface area contributed by atoms with Gasteiger partial charge in [-0.3, -0.25) is 4.79 Å². The summed E-state index contributed by atoms with van der Waals surface area (Å²) in [6.07, 6.45) is 4.51. The van der Waals surface area contributed by atoms with Crippen molar-refractivity contribution in [1.82, 2.24) is 0 Å². The first-order chi connectivity index (χ1) is 11.8. The van der Waals surface area contributed by atoms with Crippen molar-refractivity contribution < 1.29 is 14.3 Å². The molecule has 2 rings (SSSR count). The van der Waals surface area contributed by atoms with Crippen LogP contribution < -0.4 is 4.74 Å². The topological polar surface area (TPSA) is 35.5 Å². The standard InChI is InChI=1S/C21H34O3S/c1-6-7-12-24-18-10-8-17(9-11-18)19(22)20(21(2,3)4)25(5)15-13-23-14-16-25/h8-11,20H,6-7,12-16H2,1-5H3. The van der Waals surface area contributed by atoms with Crippen molar-refractivity contribution in [3.63, 3.8) is 0 Å². The van der Waals surface area contributed by atoms with Crippen LogP contribution in [0.2, 0.25) is 0 Å². The zero-order chi connectivity index (χ0) is 18.5. The average Bonchev–Trinajstić information content (AvgIpc) is 2.55. The third kappa shape index (κ3) is 5.24. The van der Waals surface area contributed by atoms with Crippen molar-refractivity contribution in [1.29, 1.82) is 0 Å². The number of hydrogen-bond acceptors (Lipinski definition) is 3. The number of ether oxygens (including phenoxy) is 2. The largest absolute Gasteiger partial charge is 0.494 e. The molecule has 3 nitrogen and oxygen atoms in total. The molecule has 1 aliphatic rings. The van der Waals surface area contributed by atoms with Crippen LogP contribution >= 0.6 is 10.0 Å². The highest BCUT2D eigenvalue weighted by Gasteiger charge is 2.43. The summed E-state index contributed by atoms with van der Waals surface area (Å²) >= 11 is 0. The molecule has 0 amide bonds. The molecule has 1 heterocycles. The molecule has 0 aromatic heterocycles. The summed E-state index contributed by atoms with van der Waals surface area (Å²) in [6.45, 7) is 11.1. The molecule has 0 bridgehead atoms. The van der Waals surface area contributed by atoms with Gasteiger partial charge in [-0.1, -0.05) is 34.1 Å². The molecule has 4 heteroatoms. The van der Waals surface area contributed by atoms with Crippen LogP contribution in [0.15, 0.2) is 24.3 Å². The van der Waals surface area contributed by atoms with E-state index >= 15 is 0 Å². The van der Waals surface area contributed by atoms with Gasteiger partial charge in [0.1, 0.15) is 5.75 Å². The molecule has 0 saturated carbocycles. The summed E-state index contributed by atoms with van der Waals surface area (Å²) in [4.78, 5) is 13.4. The second-order valence-electron chi connectivity index (χ2n) is 8.21. The first kappa shape index (κ1) is 20.3. The summed E-state index contributed by atoms with van der Waals surface area (Å²) in [5.41, 5.74) is 0.761. The smallest absolute Gasteiger partial charge is 0.174 e. The molecule has 1 fully saturated rings. The zero-order valence-corrected chi connectivity index (χ0v) is 17.3. The predicted molar refractivity (Wildman–Crippen MR) is 108 cm³/mol. The molecule has 0 aliphatic carbocycles. The minimum atomic E-state index is -1.02. The minimum Gasteiger partial charge on any atom is -0.494 e. The number of benzene rings is 1. The lowest BCUT2D eigenvalue weighted by molar-refractivity contribution is 0.0945. The Kier molecular flexibility index (Phi) is 6.98. The number of carbonyl (C=O) groups is 1. The van der Waals surface area contributed by atoms with Gasteiger partial charge in [-0.25, -0.2) is 10.0 Å². The maximum atomic E-state index is 13.4. The third-order valence-electron chi connectivity index (χ3n) is 4.89. The average molecular weight is 367 g/mol. The Morgan fingerprint density at radius 3 is 2.32 bits per heavy atom. The molecule has 25 heavy (non-hydrogen) atoms. The molecular weight excluding hydrogens is 332 g/mol. The summed E-state index contributed by atoms with van der Waals surface area (Å²) in [5, 5.41) is 0.0655. The van der Waals surface area contributed by atoms with Crippen LogP contribution in [-0.2, 0) is 4.74 Å². The fourth-order valence-corrected chi connectivity index (χ4v) is 7.68. The number of unbranched alkanes of at least 4 members (excludes halogenated alkanes) is 1. The monoisotopic (exact) mass is 366 g/mol. The van der Waals surface area contributed by atoms with Crippen LogP contribution in [0.4, 0.5) is 0 Å². The van der Waals surface area contributed by atoms with Crippen LogP contribution in [0.1, 0.15) is 50.9 Å². The van der Waals surface area contributed by atoms with E-state index in [0.29, 0.717) is 0 Å². The molecule has 1 atom stereocenters. The van der Waals surface area contributed by atoms with Gasteiger partial charge in [0.2, 0.25) is 0 Å². The van der Waals surface area contributed by atoms with Gasteiger partial charge in [0, 0.05) is 17.1 Å². The van der Waals surface area contributed by atoms with E-state index in [9.17, 15) is 4.79 Å². The highest BCUT2D eigenvalue weighted by molar-refractivity contribution is 8.34. The fourth-order valence-electron chi connectivity index (χ4n) is 3.64. The van der Waals surface area contributed by atoms with Gasteiger partial charge >= 0.3 is 0 Å². The Morgan fingerprint density at radius 2 is 1.80 bits per heavy atom. The van der Waals surface area contributed by atoms with Gasteiger partial charge in [0.15, 0.2) is 5.78 Å². The molecule has 1 unspecified atom stereocenters. The van der Waals surface area contributed by atoms with E-state index in [2.05, 4.69) is 34.0 Å². The van der Waals surface area contributed by atoms with Crippen LogP contribution in [0, 0.1) is 5.41 Å². The van der Waals surface area contributed by atoms with Gasteiger partial charge < -0.3 is 9.47 Å². The van der Waals surface area contributed by atoms with E-state index in [4.69, 9.17) is 9.47 Å². The molecule has 1 aromatic carbocycles. The van der Waals surface area contributed by atoms with Gasteiger partial charge in [-0.05, 0) is 42.4 Å². The highest BCUT2D eigenvalue weighted by atomic mass is 32.3. The second kappa shape index (κ2) is 8.59. The molecular formula is C21H34O3S. The van der Waals surface area contributed by atoms with E-state index < -0.39 is 10.0 Å². The fraction of sp³-hybridized carbons (Fsp3) is 0.667. The normalized spacial score (nSPS) is 19.9. The lowest BCUT2D eigenvalue weighted by atomic mass is 9.87. The van der Waals surface area contributed by atoms with E-state index in [0.717, 1.165) is 55.5 Å². The van der Waals surface area contributed by atoms with Crippen LogP contribution in [-0.4, -0.2) is 48.6 Å². The van der Waals surface area contributed by atoms with Crippen molar-refractivity contribution in [2.45, 2.75) is 45.8 Å². The minimum absolute atomic E-state index is 0.0468. The van der Waals surface area contributed by atoms with E-state index in [1.807, 2.05) is 24.3 Å². The SMILES string of the molecule is CCCCOc1ccc(C(=O)C(C(C)(C)C)S2(C)CCOCC2)cc1. The molecule has 0 spiro atoms. The molecule has 1 aromatic rings. The van der Waals surface area contributed by atoms with E-state index in [-0.39, 0.29) is 16.4 Å². The molecule has 142 valence electrons. The van der Waals surface area contributed by atoms with Gasteiger partial charge in [0.25, 0.3) is 0 Å². The number of Topliss-reactive ketones (excluding diaryl/α,β-unsaturated/α-hetero) is 1. The van der Waals surface area contributed by atoms with Gasteiger partial charge in [-0.2, -0.15) is 0 Å². The first-order valence-electron chi connectivity index (χ1n) is 9.35. The highest BCUT2D eigenvalue weighted by Crippen LogP contribution is 2.56. The summed E-state index contributed by atoms with van der Waals surface area (Å²) < 4.78 is 11.3. The lowest BCUT2D eigenvalue weighted by Gasteiger charge is -2.50. The van der Waals surface area contributed by atoms with Crippen molar-refractivity contribution in [3.8, 4) is 5.75 Å². The molecule has 1 saturated heterocycles. The van der Waals surface area contributed by atoms with E-state index in [1.54, 1.807) is 0 Å². The Labute approximate surface area is 154 Å². The summed E-state index contributed by atoms with van der Waals surface area (Å²) in [6, 6.07) is 7.74. The van der Waals surface area contributed by atoms with Crippen molar-refractivity contribution in [2.24, 2.45) is 5.41 Å². The number of carbonyl (C=O) groups excluding carboxylic acids is 1. The van der Waals surface area contributed by atoms with Crippen molar-refractivity contribution in [3.05, 3.63) is 29.8 Å². The van der Waals surface area contributed by atoms with Crippen LogP contribution in [0.3, 0.4) is 0 Å². The summed E-state index contributed by atoms with van der Waals surface area (Å²) in [7, 11) is -1.02. The third-order valence-corrected chi connectivity index (χ3v) is 9.14. The molecule has 0 radical (unpaired) electrons. The Hall–Kier alpha value is -1.00. The number of hydrogen-bond donors (Lipinski definition) is 0. The van der Waals surface area contributed by atoms with Gasteiger partial charge in [0.05, 0.1) is 25.1 Å². The predicted octanol–water partition coefficient (Wildman–Crippen LogP) is 4.93. The lowest BCUT2D eigenvalue weighted by Crippen LogP contribution is -2.43. The first-order valence-corrected chi connectivity index (χ1v) is 11.8. The zero-order valence-electron chi connectivity index (χ0n) is 16.5. The van der Waals surface area contributed by atoms with Crippen LogP contribution in [0.25, 0.3) is 0 Å². The van der Waals surface area contributed by atoms with E-state index in [1.165, 1.54) is 0 Å².